The smallest absolute Gasteiger partial charge is 0.0969 e. The van der Waals surface area contributed by atoms with Gasteiger partial charge in [0.25, 0.3) is 0 Å². The summed E-state index contributed by atoms with van der Waals surface area (Å²) in [6.45, 7) is 8.49. The fourth-order valence-electron chi connectivity index (χ4n) is 1.06. The maximum Gasteiger partial charge on any atom is 0.0969 e. The van der Waals surface area contributed by atoms with E-state index in [4.69, 9.17) is 0 Å². The first-order chi connectivity index (χ1) is 6.11. The molecule has 2 heteroatoms. The third-order valence-corrected chi connectivity index (χ3v) is 2.25. The molecule has 0 atom stereocenters. The van der Waals surface area contributed by atoms with Gasteiger partial charge in [0, 0.05) is 12.7 Å². The molecule has 13 heavy (non-hydrogen) atoms. The van der Waals surface area contributed by atoms with Crippen molar-refractivity contribution in [3.8, 4) is 0 Å². The first-order valence-corrected chi connectivity index (χ1v) is 4.98. The van der Waals surface area contributed by atoms with Gasteiger partial charge >= 0.3 is 0 Å². The van der Waals surface area contributed by atoms with Crippen LogP contribution in [0.5, 0.6) is 0 Å². The molecule has 0 aromatic rings. The van der Waals surface area contributed by atoms with Crippen LogP contribution in [0, 0.1) is 0 Å². The summed E-state index contributed by atoms with van der Waals surface area (Å²) in [4.78, 5) is 4.06. The Labute approximate surface area is 82.1 Å². The van der Waals surface area contributed by atoms with Gasteiger partial charge in [-0.1, -0.05) is 18.9 Å². The van der Waals surface area contributed by atoms with Gasteiger partial charge in [-0.15, -0.1) is 0 Å². The molecule has 0 rings (SSSR count). The lowest BCUT2D eigenvalue weighted by Crippen LogP contribution is -2.18. The summed E-state index contributed by atoms with van der Waals surface area (Å²) in [5, 5.41) is 3.27. The second kappa shape index (κ2) is 6.70. The van der Waals surface area contributed by atoms with Gasteiger partial charge in [-0.25, -0.2) is 0 Å². The molecule has 0 aromatic carbocycles. The van der Waals surface area contributed by atoms with Crippen molar-refractivity contribution in [3.63, 3.8) is 0 Å². The molecule has 1 N–H and O–H groups in total. The van der Waals surface area contributed by atoms with Crippen LogP contribution in [-0.2, 0) is 0 Å². The van der Waals surface area contributed by atoms with E-state index in [0.717, 1.165) is 5.84 Å². The Balaban J connectivity index is 4.10. The first kappa shape index (κ1) is 12.2. The van der Waals surface area contributed by atoms with E-state index in [2.05, 4.69) is 31.1 Å². The summed E-state index contributed by atoms with van der Waals surface area (Å²) in [6, 6.07) is 0. The lowest BCUT2D eigenvalue weighted by atomic mass is 10.1. The highest BCUT2D eigenvalue weighted by atomic mass is 15.0. The molecule has 76 valence electrons. The predicted molar refractivity (Wildman–Crippen MR) is 60.1 cm³/mol. The molecule has 0 bridgehead atoms. The van der Waals surface area contributed by atoms with Gasteiger partial charge in [0.15, 0.2) is 0 Å². The van der Waals surface area contributed by atoms with Crippen LogP contribution in [0.25, 0.3) is 0 Å². The third kappa shape index (κ3) is 5.45. The summed E-state index contributed by atoms with van der Waals surface area (Å²) in [5.74, 6) is 0.980. The van der Waals surface area contributed by atoms with E-state index in [9.17, 15) is 0 Å². The van der Waals surface area contributed by atoms with E-state index in [1.807, 2.05) is 6.92 Å². The molecule has 0 aliphatic rings. The Hall–Kier alpha value is -0.790. The minimum absolute atomic E-state index is 0.980. The van der Waals surface area contributed by atoms with Crippen LogP contribution >= 0.6 is 0 Å². The van der Waals surface area contributed by atoms with E-state index >= 15 is 0 Å². The van der Waals surface area contributed by atoms with Gasteiger partial charge in [-0.3, -0.25) is 4.99 Å². The maximum atomic E-state index is 4.06. The van der Waals surface area contributed by atoms with Gasteiger partial charge in [0.05, 0.1) is 5.84 Å². The Morgan fingerprint density at radius 3 is 2.31 bits per heavy atom. The molecule has 0 fully saturated rings. The summed E-state index contributed by atoms with van der Waals surface area (Å²) < 4.78 is 0. The monoisotopic (exact) mass is 182 g/mol. The fraction of sp³-hybridized carbons (Fsp3) is 0.727. The van der Waals surface area contributed by atoms with Crippen molar-refractivity contribution in [2.24, 2.45) is 4.99 Å². The second-order valence-corrected chi connectivity index (χ2v) is 3.44. The van der Waals surface area contributed by atoms with E-state index in [0.29, 0.717) is 0 Å². The van der Waals surface area contributed by atoms with Crippen LogP contribution < -0.4 is 5.32 Å². The molecule has 0 aliphatic carbocycles. The number of unbranched alkanes of at least 4 members (excludes halogenated alkanes) is 1. The van der Waals surface area contributed by atoms with Crippen molar-refractivity contribution < 1.29 is 0 Å². The molecule has 0 saturated carbocycles. The molecule has 0 heterocycles. The molecule has 2 nitrogen and oxygen atoms in total. The average molecular weight is 182 g/mol. The SMILES string of the molecule is CCCC/C(C)=C(\C)N/C(C)=N\C. The summed E-state index contributed by atoms with van der Waals surface area (Å²) in [7, 11) is 1.80. The lowest BCUT2D eigenvalue weighted by molar-refractivity contribution is 0.774. The predicted octanol–water partition coefficient (Wildman–Crippen LogP) is 3.11. The average Bonchev–Trinajstić information content (AvgIpc) is 2.13. The van der Waals surface area contributed by atoms with Gasteiger partial charge in [0.1, 0.15) is 0 Å². The second-order valence-electron chi connectivity index (χ2n) is 3.44. The Kier molecular flexibility index (Phi) is 6.29. The van der Waals surface area contributed by atoms with Gasteiger partial charge < -0.3 is 5.32 Å². The number of nitrogens with one attached hydrogen (secondary N) is 1. The van der Waals surface area contributed by atoms with E-state index in [1.54, 1.807) is 7.05 Å². The molecule has 0 aromatic heterocycles. The topological polar surface area (TPSA) is 24.4 Å². The van der Waals surface area contributed by atoms with Crippen molar-refractivity contribution in [1.29, 1.82) is 0 Å². The molecule has 0 spiro atoms. The Morgan fingerprint density at radius 1 is 1.23 bits per heavy atom. The van der Waals surface area contributed by atoms with Crippen molar-refractivity contribution in [3.05, 3.63) is 11.3 Å². The van der Waals surface area contributed by atoms with Crippen LogP contribution in [0.1, 0.15) is 47.0 Å². The maximum absolute atomic E-state index is 4.06. The molecular weight excluding hydrogens is 160 g/mol. The molecule has 0 unspecified atom stereocenters. The molecule has 0 saturated heterocycles. The van der Waals surface area contributed by atoms with Crippen LogP contribution in [-0.4, -0.2) is 12.9 Å². The minimum atomic E-state index is 0.980. The van der Waals surface area contributed by atoms with Crippen molar-refractivity contribution in [2.75, 3.05) is 7.05 Å². The largest absolute Gasteiger partial charge is 0.348 e. The minimum Gasteiger partial charge on any atom is -0.348 e. The number of aliphatic imine (C=N–C) groups is 1. The van der Waals surface area contributed by atoms with E-state index in [-0.39, 0.29) is 0 Å². The summed E-state index contributed by atoms with van der Waals surface area (Å²) in [6.07, 6.45) is 3.71. The zero-order valence-electron chi connectivity index (χ0n) is 9.57. The first-order valence-electron chi connectivity index (χ1n) is 4.98. The van der Waals surface area contributed by atoms with Crippen LogP contribution in [0.3, 0.4) is 0 Å². The standard InChI is InChI=1S/C11H22N2/c1-6-7-8-9(2)10(3)13-11(4)12-5/h6-8H2,1-5H3,(H,12,13)/b10-9+. The van der Waals surface area contributed by atoms with E-state index < -0.39 is 0 Å². The van der Waals surface area contributed by atoms with Gasteiger partial charge in [-0.05, 0) is 33.6 Å². The number of allylic oxidation sites excluding steroid dienone is 2. The number of nitrogens with zero attached hydrogens (tertiary/aromatic N) is 1. The zero-order valence-corrected chi connectivity index (χ0v) is 9.57. The molecule has 0 amide bonds. The highest BCUT2D eigenvalue weighted by Crippen LogP contribution is 2.09. The zero-order chi connectivity index (χ0) is 10.3. The number of rotatable bonds is 4. The summed E-state index contributed by atoms with van der Waals surface area (Å²) >= 11 is 0. The van der Waals surface area contributed by atoms with Crippen molar-refractivity contribution in [2.45, 2.75) is 47.0 Å². The highest BCUT2D eigenvalue weighted by Gasteiger charge is 1.96. The van der Waals surface area contributed by atoms with Crippen molar-refractivity contribution >= 4 is 5.84 Å². The molecule has 0 radical (unpaired) electrons. The Morgan fingerprint density at radius 2 is 1.85 bits per heavy atom. The fourth-order valence-corrected chi connectivity index (χ4v) is 1.06. The van der Waals surface area contributed by atoms with Gasteiger partial charge in [0.2, 0.25) is 0 Å². The quantitative estimate of drug-likeness (QED) is 0.524. The molecular formula is C11H22N2. The van der Waals surface area contributed by atoms with Crippen LogP contribution in [0.4, 0.5) is 0 Å². The number of amidine groups is 1. The number of hydrogen-bond acceptors (Lipinski definition) is 1. The summed E-state index contributed by atoms with van der Waals surface area (Å²) in [5.41, 5.74) is 2.68. The normalized spacial score (nSPS) is 14.1. The van der Waals surface area contributed by atoms with Crippen LogP contribution in [0.15, 0.2) is 16.3 Å². The van der Waals surface area contributed by atoms with Crippen LogP contribution in [0.2, 0.25) is 0 Å². The third-order valence-electron chi connectivity index (χ3n) is 2.25. The van der Waals surface area contributed by atoms with Crippen molar-refractivity contribution in [1.82, 2.24) is 5.32 Å². The van der Waals surface area contributed by atoms with E-state index in [1.165, 1.54) is 30.5 Å². The number of hydrogen-bond donors (Lipinski definition) is 1. The highest BCUT2D eigenvalue weighted by molar-refractivity contribution is 5.81. The lowest BCUT2D eigenvalue weighted by Gasteiger charge is -2.09. The Bertz CT molecular complexity index is 202. The molecule has 0 aliphatic heterocycles. The van der Waals surface area contributed by atoms with Gasteiger partial charge in [-0.2, -0.15) is 0 Å².